The topological polar surface area (TPSA) is 88.3 Å². The van der Waals surface area contributed by atoms with Crippen LogP contribution in [0.25, 0.3) is 11.4 Å². The van der Waals surface area contributed by atoms with E-state index in [1.807, 2.05) is 60.7 Å². The van der Waals surface area contributed by atoms with Gasteiger partial charge in [-0.3, -0.25) is 9.59 Å². The van der Waals surface area contributed by atoms with Crippen molar-refractivity contribution in [2.75, 3.05) is 11.9 Å². The Hall–Kier alpha value is -3.91. The summed E-state index contributed by atoms with van der Waals surface area (Å²) < 4.78 is 5.43. The van der Waals surface area contributed by atoms with Gasteiger partial charge in [0.15, 0.2) is 0 Å². The normalized spacial score (nSPS) is 13.6. The van der Waals surface area contributed by atoms with Crippen LogP contribution in [-0.4, -0.2) is 29.0 Å². The summed E-state index contributed by atoms with van der Waals surface area (Å²) in [5, 5.41) is 6.98. The molecule has 1 N–H and O–H groups in total. The van der Waals surface area contributed by atoms with Crippen molar-refractivity contribution in [1.29, 1.82) is 0 Å². The first-order valence-electron chi connectivity index (χ1n) is 10.4. The lowest BCUT2D eigenvalue weighted by molar-refractivity contribution is 0.0931. The molecule has 0 saturated carbocycles. The van der Waals surface area contributed by atoms with Crippen LogP contribution >= 0.6 is 11.8 Å². The number of hydrogen-bond acceptors (Lipinski definition) is 6. The van der Waals surface area contributed by atoms with Crippen molar-refractivity contribution in [2.45, 2.75) is 22.8 Å². The number of aromatic nitrogens is 2. The molecule has 5 rings (SSSR count). The lowest BCUT2D eigenvalue weighted by Gasteiger charge is -2.17. The number of hydrogen-bond donors (Lipinski definition) is 1. The van der Waals surface area contributed by atoms with Gasteiger partial charge in [0, 0.05) is 28.0 Å². The number of rotatable bonds is 4. The molecule has 0 aliphatic carbocycles. The SMILES string of the molecule is C[C@H](NC(=O)c1ccccc1)c1nc(-c2ccc3c(c2)Sc2ccccc2C(=O)N3C)no1. The summed E-state index contributed by atoms with van der Waals surface area (Å²) in [6, 6.07) is 21.8. The highest BCUT2D eigenvalue weighted by Gasteiger charge is 2.25. The van der Waals surface area contributed by atoms with Gasteiger partial charge in [0.1, 0.15) is 6.04 Å². The average molecular weight is 457 g/mol. The Kier molecular flexibility index (Phi) is 5.43. The minimum absolute atomic E-state index is 0.0468. The predicted octanol–water partition coefficient (Wildman–Crippen LogP) is 4.97. The standard InChI is InChI=1S/C25H20N4O3S/c1-15(26-23(30)16-8-4-3-5-9-16)24-27-22(28-32-24)17-12-13-19-21(14-17)33-20-11-7-6-10-18(20)25(31)29(19)2/h3-15H,1-2H3,(H,26,30)/t15-/m0/s1. The fourth-order valence-corrected chi connectivity index (χ4v) is 4.76. The van der Waals surface area contributed by atoms with Gasteiger partial charge in [0.25, 0.3) is 11.8 Å². The number of fused-ring (bicyclic) bond motifs is 2. The summed E-state index contributed by atoms with van der Waals surface area (Å²) in [6.45, 7) is 1.79. The molecule has 164 valence electrons. The number of carbonyl (C=O) groups excluding carboxylic acids is 2. The summed E-state index contributed by atoms with van der Waals surface area (Å²) in [5.41, 5.74) is 2.81. The first-order chi connectivity index (χ1) is 16.0. The number of carbonyl (C=O) groups is 2. The van der Waals surface area contributed by atoms with Crippen LogP contribution in [0.4, 0.5) is 5.69 Å². The van der Waals surface area contributed by atoms with Crippen molar-refractivity contribution in [1.82, 2.24) is 15.5 Å². The highest BCUT2D eigenvalue weighted by Crippen LogP contribution is 2.42. The van der Waals surface area contributed by atoms with E-state index in [-0.39, 0.29) is 11.8 Å². The van der Waals surface area contributed by atoms with Gasteiger partial charge in [-0.25, -0.2) is 0 Å². The molecule has 0 radical (unpaired) electrons. The van der Waals surface area contributed by atoms with Gasteiger partial charge in [-0.05, 0) is 49.4 Å². The van der Waals surface area contributed by atoms with Gasteiger partial charge < -0.3 is 14.7 Å². The molecule has 0 saturated heterocycles. The molecule has 7 nitrogen and oxygen atoms in total. The zero-order valence-corrected chi connectivity index (χ0v) is 18.8. The van der Waals surface area contributed by atoms with Crippen LogP contribution in [0.3, 0.4) is 0 Å². The van der Waals surface area contributed by atoms with Gasteiger partial charge in [0.05, 0.1) is 11.3 Å². The Labute approximate surface area is 194 Å². The smallest absolute Gasteiger partial charge is 0.259 e. The van der Waals surface area contributed by atoms with Crippen molar-refractivity contribution >= 4 is 29.3 Å². The van der Waals surface area contributed by atoms with E-state index in [2.05, 4.69) is 15.5 Å². The summed E-state index contributed by atoms with van der Waals surface area (Å²) in [5.74, 6) is 0.473. The second-order valence-corrected chi connectivity index (χ2v) is 8.75. The maximum absolute atomic E-state index is 12.9. The fourth-order valence-electron chi connectivity index (χ4n) is 3.61. The summed E-state index contributed by atoms with van der Waals surface area (Å²) in [6.07, 6.45) is 0. The van der Waals surface area contributed by atoms with E-state index in [9.17, 15) is 9.59 Å². The van der Waals surface area contributed by atoms with Gasteiger partial charge in [-0.15, -0.1) is 0 Å². The van der Waals surface area contributed by atoms with Crippen molar-refractivity contribution in [2.24, 2.45) is 0 Å². The van der Waals surface area contributed by atoms with Gasteiger partial charge in [0.2, 0.25) is 11.7 Å². The summed E-state index contributed by atoms with van der Waals surface area (Å²) >= 11 is 1.53. The van der Waals surface area contributed by atoms with Crippen LogP contribution in [0.1, 0.15) is 39.6 Å². The molecule has 0 bridgehead atoms. The Morgan fingerprint density at radius 3 is 2.61 bits per heavy atom. The lowest BCUT2D eigenvalue weighted by atomic mass is 10.1. The molecule has 2 amide bonds. The minimum Gasteiger partial charge on any atom is -0.341 e. The quantitative estimate of drug-likeness (QED) is 0.467. The first-order valence-corrected chi connectivity index (χ1v) is 11.2. The van der Waals surface area contributed by atoms with Crippen molar-refractivity contribution in [3.63, 3.8) is 0 Å². The van der Waals surface area contributed by atoms with Crippen molar-refractivity contribution in [3.05, 3.63) is 89.8 Å². The molecule has 0 unspecified atom stereocenters. The van der Waals surface area contributed by atoms with E-state index in [0.29, 0.717) is 22.8 Å². The molecule has 1 aliphatic heterocycles. The number of nitrogens with one attached hydrogen (secondary N) is 1. The molecular formula is C25H20N4O3S. The van der Waals surface area contributed by atoms with Gasteiger partial charge >= 0.3 is 0 Å². The highest BCUT2D eigenvalue weighted by atomic mass is 32.2. The van der Waals surface area contributed by atoms with E-state index >= 15 is 0 Å². The van der Waals surface area contributed by atoms with Gasteiger partial charge in [-0.1, -0.05) is 47.3 Å². The molecule has 0 spiro atoms. The molecule has 2 heterocycles. The van der Waals surface area contributed by atoms with Crippen LogP contribution < -0.4 is 10.2 Å². The average Bonchev–Trinajstić information content (AvgIpc) is 3.31. The van der Waals surface area contributed by atoms with Crippen molar-refractivity contribution < 1.29 is 14.1 Å². The minimum atomic E-state index is -0.454. The third-order valence-electron chi connectivity index (χ3n) is 5.42. The Bertz CT molecular complexity index is 1350. The van der Waals surface area contributed by atoms with E-state index < -0.39 is 6.04 Å². The molecule has 8 heteroatoms. The largest absolute Gasteiger partial charge is 0.341 e. The van der Waals surface area contributed by atoms with E-state index in [4.69, 9.17) is 4.52 Å². The molecule has 3 aromatic carbocycles. The second kappa shape index (κ2) is 8.55. The predicted molar refractivity (Wildman–Crippen MR) is 125 cm³/mol. The number of benzene rings is 3. The number of nitrogens with zero attached hydrogens (tertiary/aromatic N) is 3. The van der Waals surface area contributed by atoms with Crippen LogP contribution in [-0.2, 0) is 0 Å². The number of anilines is 1. The van der Waals surface area contributed by atoms with Crippen LogP contribution in [0.5, 0.6) is 0 Å². The third kappa shape index (κ3) is 4.01. The van der Waals surface area contributed by atoms with E-state index in [1.54, 1.807) is 31.0 Å². The first kappa shape index (κ1) is 21.0. The highest BCUT2D eigenvalue weighted by molar-refractivity contribution is 7.99. The molecule has 33 heavy (non-hydrogen) atoms. The lowest BCUT2D eigenvalue weighted by Crippen LogP contribution is -2.26. The van der Waals surface area contributed by atoms with E-state index in [0.717, 1.165) is 21.0 Å². The monoisotopic (exact) mass is 456 g/mol. The molecule has 1 aromatic heterocycles. The van der Waals surface area contributed by atoms with Crippen LogP contribution in [0.15, 0.2) is 87.1 Å². The molecule has 4 aromatic rings. The zero-order chi connectivity index (χ0) is 22.9. The fraction of sp³-hybridized carbons (Fsp3) is 0.120. The second-order valence-electron chi connectivity index (χ2n) is 7.66. The Morgan fingerprint density at radius 1 is 1.03 bits per heavy atom. The van der Waals surface area contributed by atoms with Crippen LogP contribution in [0.2, 0.25) is 0 Å². The molecule has 1 aliphatic rings. The zero-order valence-electron chi connectivity index (χ0n) is 18.0. The van der Waals surface area contributed by atoms with E-state index in [1.165, 1.54) is 11.8 Å². The van der Waals surface area contributed by atoms with Gasteiger partial charge in [-0.2, -0.15) is 4.98 Å². The molecule has 0 fully saturated rings. The summed E-state index contributed by atoms with van der Waals surface area (Å²) in [7, 11) is 1.77. The Balaban J connectivity index is 1.40. The third-order valence-corrected chi connectivity index (χ3v) is 6.54. The molecule has 1 atom stereocenters. The number of amides is 2. The Morgan fingerprint density at radius 2 is 1.79 bits per heavy atom. The maximum Gasteiger partial charge on any atom is 0.259 e. The molecular weight excluding hydrogens is 436 g/mol. The summed E-state index contributed by atoms with van der Waals surface area (Å²) in [4.78, 5) is 33.3. The maximum atomic E-state index is 12.9. The van der Waals surface area contributed by atoms with Crippen molar-refractivity contribution in [3.8, 4) is 11.4 Å². The van der Waals surface area contributed by atoms with Crippen LogP contribution in [0, 0.1) is 0 Å².